The number of carboxylic acid groups (broad SMARTS) is 1. The maximum Gasteiger partial charge on any atom is 0.340 e. The van der Waals surface area contributed by atoms with Crippen molar-refractivity contribution in [2.45, 2.75) is 26.8 Å². The first-order valence-electron chi connectivity index (χ1n) is 5.51. The lowest BCUT2D eigenvalue weighted by atomic mass is 10.2. The molecule has 96 valence electrons. The monoisotopic (exact) mass is 266 g/mol. The summed E-state index contributed by atoms with van der Waals surface area (Å²) in [6.07, 6.45) is 0. The van der Waals surface area contributed by atoms with Crippen molar-refractivity contribution in [1.82, 2.24) is 4.37 Å². The Balaban J connectivity index is 2.22. The van der Waals surface area contributed by atoms with E-state index in [-0.39, 0.29) is 11.6 Å². The third-order valence-corrected chi connectivity index (χ3v) is 3.48. The average Bonchev–Trinajstić information content (AvgIpc) is 2.85. The molecule has 0 spiro atoms. The molecular weight excluding hydrogens is 252 g/mol. The van der Waals surface area contributed by atoms with Crippen molar-refractivity contribution < 1.29 is 14.3 Å². The highest BCUT2D eigenvalue weighted by Crippen LogP contribution is 2.29. The molecule has 6 heteroatoms. The largest absolute Gasteiger partial charge is 0.478 e. The van der Waals surface area contributed by atoms with Gasteiger partial charge in [-0.15, -0.1) is 0 Å². The molecule has 0 fully saturated rings. The van der Waals surface area contributed by atoms with Crippen LogP contribution in [0.4, 0.5) is 5.00 Å². The predicted octanol–water partition coefficient (Wildman–Crippen LogP) is 3.22. The number of hydrogen-bond acceptors (Lipinski definition) is 5. The number of aryl methyl sites for hydroxylation is 2. The van der Waals surface area contributed by atoms with Crippen LogP contribution in [0.15, 0.2) is 16.5 Å². The first kappa shape index (κ1) is 12.6. The van der Waals surface area contributed by atoms with Crippen LogP contribution >= 0.6 is 11.5 Å². The summed E-state index contributed by atoms with van der Waals surface area (Å²) >= 11 is 1.15. The second kappa shape index (κ2) is 4.81. The normalized spacial score (nSPS) is 12.4. The summed E-state index contributed by atoms with van der Waals surface area (Å²) in [5, 5.41) is 12.8. The molecule has 2 aromatic heterocycles. The SMILES string of the molecule is Cc1ccc(C(C)Nc2snc(C)c2C(=O)O)o1. The van der Waals surface area contributed by atoms with Gasteiger partial charge in [0.15, 0.2) is 0 Å². The molecule has 1 atom stereocenters. The van der Waals surface area contributed by atoms with E-state index in [1.807, 2.05) is 26.0 Å². The van der Waals surface area contributed by atoms with Gasteiger partial charge in [0.1, 0.15) is 22.1 Å². The van der Waals surface area contributed by atoms with Gasteiger partial charge in [-0.05, 0) is 44.4 Å². The van der Waals surface area contributed by atoms with Gasteiger partial charge >= 0.3 is 5.97 Å². The van der Waals surface area contributed by atoms with E-state index < -0.39 is 5.97 Å². The van der Waals surface area contributed by atoms with E-state index in [9.17, 15) is 4.79 Å². The number of furan rings is 1. The van der Waals surface area contributed by atoms with Gasteiger partial charge in [-0.2, -0.15) is 4.37 Å². The molecule has 2 rings (SSSR count). The van der Waals surface area contributed by atoms with Crippen molar-refractivity contribution in [3.8, 4) is 0 Å². The molecule has 5 nitrogen and oxygen atoms in total. The summed E-state index contributed by atoms with van der Waals surface area (Å²) in [6.45, 7) is 5.47. The van der Waals surface area contributed by atoms with Crippen LogP contribution in [0.2, 0.25) is 0 Å². The molecule has 0 radical (unpaired) electrons. The number of carbonyl (C=O) groups is 1. The van der Waals surface area contributed by atoms with Gasteiger partial charge < -0.3 is 14.8 Å². The minimum atomic E-state index is -0.966. The van der Waals surface area contributed by atoms with Crippen LogP contribution in [0.25, 0.3) is 0 Å². The first-order valence-corrected chi connectivity index (χ1v) is 6.29. The Morgan fingerprint density at radius 2 is 2.22 bits per heavy atom. The molecule has 18 heavy (non-hydrogen) atoms. The zero-order valence-corrected chi connectivity index (χ0v) is 11.2. The van der Waals surface area contributed by atoms with E-state index in [1.165, 1.54) is 0 Å². The van der Waals surface area contributed by atoms with Crippen LogP contribution in [0.5, 0.6) is 0 Å². The minimum absolute atomic E-state index is 0.100. The fourth-order valence-electron chi connectivity index (χ4n) is 1.67. The van der Waals surface area contributed by atoms with Gasteiger partial charge in [0, 0.05) is 0 Å². The topological polar surface area (TPSA) is 75.4 Å². The Kier molecular flexibility index (Phi) is 3.38. The van der Waals surface area contributed by atoms with Crippen molar-refractivity contribution in [2.24, 2.45) is 0 Å². The highest BCUT2D eigenvalue weighted by Gasteiger charge is 2.20. The zero-order valence-electron chi connectivity index (χ0n) is 10.4. The van der Waals surface area contributed by atoms with Crippen LogP contribution in [-0.2, 0) is 0 Å². The first-order chi connectivity index (χ1) is 8.49. The molecule has 0 saturated carbocycles. The summed E-state index contributed by atoms with van der Waals surface area (Å²) in [7, 11) is 0. The van der Waals surface area contributed by atoms with Crippen LogP contribution < -0.4 is 5.32 Å². The molecule has 0 aliphatic heterocycles. The summed E-state index contributed by atoms with van der Waals surface area (Å²) in [4.78, 5) is 11.1. The van der Waals surface area contributed by atoms with Crippen LogP contribution in [0, 0.1) is 13.8 Å². The number of anilines is 1. The smallest absolute Gasteiger partial charge is 0.340 e. The molecule has 0 amide bonds. The van der Waals surface area contributed by atoms with Crippen molar-refractivity contribution in [2.75, 3.05) is 5.32 Å². The number of aromatic carboxylic acids is 1. The molecule has 0 aliphatic carbocycles. The quantitative estimate of drug-likeness (QED) is 0.888. The van der Waals surface area contributed by atoms with Crippen LogP contribution in [0.1, 0.15) is 40.5 Å². The van der Waals surface area contributed by atoms with Crippen molar-refractivity contribution in [3.63, 3.8) is 0 Å². The highest BCUT2D eigenvalue weighted by atomic mass is 32.1. The number of carboxylic acids is 1. The lowest BCUT2D eigenvalue weighted by Gasteiger charge is -2.11. The predicted molar refractivity (Wildman–Crippen MR) is 69.3 cm³/mol. The summed E-state index contributed by atoms with van der Waals surface area (Å²) in [5.74, 6) is 0.638. The lowest BCUT2D eigenvalue weighted by molar-refractivity contribution is 0.0697. The Bertz CT molecular complexity index is 574. The van der Waals surface area contributed by atoms with Gasteiger partial charge in [0.2, 0.25) is 0 Å². The molecule has 1 unspecified atom stereocenters. The minimum Gasteiger partial charge on any atom is -0.478 e. The molecule has 2 heterocycles. The Hall–Kier alpha value is -1.82. The van der Waals surface area contributed by atoms with Crippen LogP contribution in [0.3, 0.4) is 0 Å². The number of rotatable bonds is 4. The van der Waals surface area contributed by atoms with E-state index in [4.69, 9.17) is 9.52 Å². The van der Waals surface area contributed by atoms with Crippen molar-refractivity contribution >= 4 is 22.5 Å². The maximum atomic E-state index is 11.1. The Labute approximate surface area is 109 Å². The standard InChI is InChI=1S/C12H14N2O3S/c1-6-4-5-9(17-6)7(2)13-11-10(12(15)16)8(3)14-18-11/h4-5,7,13H,1-3H3,(H,15,16). The molecule has 0 bridgehead atoms. The summed E-state index contributed by atoms with van der Waals surface area (Å²) < 4.78 is 9.56. The Morgan fingerprint density at radius 3 is 2.78 bits per heavy atom. The molecular formula is C12H14N2O3S. The second-order valence-corrected chi connectivity index (χ2v) is 4.87. The fraction of sp³-hybridized carbons (Fsp3) is 0.333. The lowest BCUT2D eigenvalue weighted by Crippen LogP contribution is -2.08. The van der Waals surface area contributed by atoms with Gasteiger partial charge in [-0.1, -0.05) is 0 Å². The summed E-state index contributed by atoms with van der Waals surface area (Å²) in [5.41, 5.74) is 0.757. The third kappa shape index (κ3) is 2.38. The van der Waals surface area contributed by atoms with Gasteiger partial charge in [-0.25, -0.2) is 4.79 Å². The summed E-state index contributed by atoms with van der Waals surface area (Å²) in [6, 6.07) is 3.65. The molecule has 2 N–H and O–H groups in total. The number of hydrogen-bond donors (Lipinski definition) is 2. The van der Waals surface area contributed by atoms with E-state index in [0.29, 0.717) is 10.7 Å². The molecule has 0 saturated heterocycles. The average molecular weight is 266 g/mol. The molecule has 2 aromatic rings. The van der Waals surface area contributed by atoms with E-state index >= 15 is 0 Å². The van der Waals surface area contributed by atoms with Crippen LogP contribution in [-0.4, -0.2) is 15.4 Å². The number of aromatic nitrogens is 1. The van der Waals surface area contributed by atoms with E-state index in [0.717, 1.165) is 23.1 Å². The van der Waals surface area contributed by atoms with E-state index in [2.05, 4.69) is 9.69 Å². The second-order valence-electron chi connectivity index (χ2n) is 4.09. The van der Waals surface area contributed by atoms with Crippen molar-refractivity contribution in [1.29, 1.82) is 0 Å². The van der Waals surface area contributed by atoms with Crippen molar-refractivity contribution in [3.05, 3.63) is 34.9 Å². The fourth-order valence-corrected chi connectivity index (χ4v) is 2.55. The maximum absolute atomic E-state index is 11.1. The molecule has 0 aliphatic rings. The third-order valence-electron chi connectivity index (χ3n) is 2.61. The number of nitrogens with one attached hydrogen (secondary N) is 1. The Morgan fingerprint density at radius 1 is 1.50 bits per heavy atom. The number of nitrogens with zero attached hydrogens (tertiary/aromatic N) is 1. The van der Waals surface area contributed by atoms with Gasteiger partial charge in [0.25, 0.3) is 0 Å². The molecule has 0 aromatic carbocycles. The zero-order chi connectivity index (χ0) is 13.3. The van der Waals surface area contributed by atoms with E-state index in [1.54, 1.807) is 6.92 Å². The highest BCUT2D eigenvalue weighted by molar-refractivity contribution is 7.10. The van der Waals surface area contributed by atoms with Gasteiger partial charge in [0.05, 0.1) is 11.7 Å². The van der Waals surface area contributed by atoms with Gasteiger partial charge in [-0.3, -0.25) is 0 Å².